The molecule has 0 unspecified atom stereocenters. The summed E-state index contributed by atoms with van der Waals surface area (Å²) in [4.78, 5) is 9.25. The Labute approximate surface area is 138 Å². The van der Waals surface area contributed by atoms with Crippen LogP contribution in [0.1, 0.15) is 33.0 Å². The molecule has 4 nitrogen and oxygen atoms in total. The molecule has 0 saturated heterocycles. The van der Waals surface area contributed by atoms with E-state index in [1.807, 2.05) is 32.2 Å². The van der Waals surface area contributed by atoms with E-state index < -0.39 is 5.60 Å². The number of halogens is 1. The molecule has 0 atom stereocenters. The Morgan fingerprint density at radius 1 is 1.27 bits per heavy atom. The van der Waals surface area contributed by atoms with Crippen molar-refractivity contribution in [2.24, 2.45) is 0 Å². The van der Waals surface area contributed by atoms with Crippen molar-refractivity contribution in [3.63, 3.8) is 0 Å². The van der Waals surface area contributed by atoms with Crippen LogP contribution in [0.15, 0.2) is 28.9 Å². The number of pyridine rings is 1. The van der Waals surface area contributed by atoms with Gasteiger partial charge in [-0.3, -0.25) is 4.98 Å². The molecule has 0 radical (unpaired) electrons. The number of hydrogen-bond acceptors (Lipinski definition) is 3. The van der Waals surface area contributed by atoms with Crippen LogP contribution in [0, 0.1) is 0 Å². The van der Waals surface area contributed by atoms with Gasteiger partial charge in [-0.25, -0.2) is 4.98 Å². The molecule has 5 heteroatoms. The molecule has 3 aromatic rings. The van der Waals surface area contributed by atoms with Crippen LogP contribution in [0.5, 0.6) is 0 Å². The average molecular weight is 362 g/mol. The van der Waals surface area contributed by atoms with E-state index in [0.717, 1.165) is 45.1 Å². The number of fused-ring (bicyclic) bond motifs is 3. The third-order valence-corrected chi connectivity index (χ3v) is 4.13. The van der Waals surface area contributed by atoms with Crippen LogP contribution in [0.4, 0.5) is 0 Å². The lowest BCUT2D eigenvalue weighted by Crippen LogP contribution is -2.27. The van der Waals surface area contributed by atoms with E-state index in [1.54, 1.807) is 0 Å². The molecule has 22 heavy (non-hydrogen) atoms. The predicted molar refractivity (Wildman–Crippen MR) is 93.0 cm³/mol. The van der Waals surface area contributed by atoms with Gasteiger partial charge in [0, 0.05) is 16.3 Å². The molecule has 0 spiro atoms. The Kier molecular flexibility index (Phi) is 3.95. The van der Waals surface area contributed by atoms with Crippen molar-refractivity contribution in [2.45, 2.75) is 45.8 Å². The molecule has 0 fully saturated rings. The fraction of sp³-hybridized carbons (Fsp3) is 0.412. The second-order valence-corrected chi connectivity index (χ2v) is 7.25. The van der Waals surface area contributed by atoms with Gasteiger partial charge < -0.3 is 9.67 Å². The first-order chi connectivity index (χ1) is 10.4. The highest BCUT2D eigenvalue weighted by Crippen LogP contribution is 2.28. The molecular formula is C17H20BrN3O. The quantitative estimate of drug-likeness (QED) is 0.761. The van der Waals surface area contributed by atoms with Crippen molar-refractivity contribution in [3.8, 4) is 0 Å². The molecule has 2 heterocycles. The molecule has 0 saturated carbocycles. The van der Waals surface area contributed by atoms with Gasteiger partial charge >= 0.3 is 0 Å². The van der Waals surface area contributed by atoms with Gasteiger partial charge in [0.05, 0.1) is 29.4 Å². The number of hydrogen-bond donors (Lipinski definition) is 1. The molecule has 0 amide bonds. The van der Waals surface area contributed by atoms with Crippen molar-refractivity contribution >= 4 is 37.9 Å². The van der Waals surface area contributed by atoms with E-state index in [1.165, 1.54) is 0 Å². The highest BCUT2D eigenvalue weighted by atomic mass is 79.9. The molecule has 1 N–H and O–H groups in total. The highest BCUT2D eigenvalue weighted by Gasteiger charge is 2.20. The van der Waals surface area contributed by atoms with E-state index in [-0.39, 0.29) is 0 Å². The van der Waals surface area contributed by atoms with Gasteiger partial charge in [0.15, 0.2) is 0 Å². The van der Waals surface area contributed by atoms with E-state index in [0.29, 0.717) is 6.54 Å². The summed E-state index contributed by atoms with van der Waals surface area (Å²) in [6, 6.07) is 6.09. The minimum atomic E-state index is -0.791. The molecule has 2 aromatic heterocycles. The third kappa shape index (κ3) is 2.88. The molecule has 0 aliphatic rings. The van der Waals surface area contributed by atoms with Gasteiger partial charge in [-0.05, 0) is 38.5 Å². The van der Waals surface area contributed by atoms with Crippen molar-refractivity contribution in [1.82, 2.24) is 14.5 Å². The van der Waals surface area contributed by atoms with Gasteiger partial charge in [-0.1, -0.05) is 22.9 Å². The number of aromatic nitrogens is 3. The van der Waals surface area contributed by atoms with Crippen LogP contribution in [0.2, 0.25) is 0 Å². The first-order valence-electron chi connectivity index (χ1n) is 7.55. The second kappa shape index (κ2) is 5.63. The van der Waals surface area contributed by atoms with Crippen LogP contribution in [-0.4, -0.2) is 25.2 Å². The summed E-state index contributed by atoms with van der Waals surface area (Å²) in [7, 11) is 0. The SMILES string of the molecule is CCCc1nc2cnc3cc(Br)ccc3c2n1CC(C)(C)O. The molecule has 0 aliphatic heterocycles. The summed E-state index contributed by atoms with van der Waals surface area (Å²) in [5, 5.41) is 11.4. The Hall–Kier alpha value is -1.46. The minimum absolute atomic E-state index is 0.522. The van der Waals surface area contributed by atoms with Crippen LogP contribution in [-0.2, 0) is 13.0 Å². The van der Waals surface area contributed by atoms with Crippen molar-refractivity contribution in [2.75, 3.05) is 0 Å². The Morgan fingerprint density at radius 2 is 2.05 bits per heavy atom. The normalized spacial score (nSPS) is 12.4. The molecule has 0 aliphatic carbocycles. The fourth-order valence-corrected chi connectivity index (χ4v) is 3.16. The summed E-state index contributed by atoms with van der Waals surface area (Å²) in [6.45, 7) is 6.32. The minimum Gasteiger partial charge on any atom is -0.389 e. The largest absolute Gasteiger partial charge is 0.389 e. The molecule has 116 valence electrons. The predicted octanol–water partition coefficient (Wildman–Crippen LogP) is 4.07. The molecule has 1 aromatic carbocycles. The lowest BCUT2D eigenvalue weighted by Gasteiger charge is -2.20. The number of rotatable bonds is 4. The summed E-state index contributed by atoms with van der Waals surface area (Å²) in [5.41, 5.74) is 2.09. The van der Waals surface area contributed by atoms with E-state index in [4.69, 9.17) is 4.98 Å². The van der Waals surface area contributed by atoms with E-state index in [2.05, 4.69) is 38.5 Å². The smallest absolute Gasteiger partial charge is 0.110 e. The summed E-state index contributed by atoms with van der Waals surface area (Å²) in [6.07, 6.45) is 3.74. The van der Waals surface area contributed by atoms with Gasteiger partial charge in [-0.15, -0.1) is 0 Å². The average Bonchev–Trinajstić information content (AvgIpc) is 2.75. The van der Waals surface area contributed by atoms with Gasteiger partial charge in [0.2, 0.25) is 0 Å². The topological polar surface area (TPSA) is 50.9 Å². The third-order valence-electron chi connectivity index (χ3n) is 3.63. The zero-order valence-electron chi connectivity index (χ0n) is 13.1. The Balaban J connectivity index is 2.33. The van der Waals surface area contributed by atoms with Gasteiger partial charge in [0.1, 0.15) is 11.3 Å². The van der Waals surface area contributed by atoms with Crippen molar-refractivity contribution < 1.29 is 5.11 Å². The maximum absolute atomic E-state index is 10.3. The zero-order chi connectivity index (χ0) is 15.9. The standard InChI is InChI=1S/C17H20BrN3O/c1-4-5-15-20-14-9-19-13-8-11(18)6-7-12(13)16(14)21(15)10-17(2,3)22/h6-9,22H,4-5,10H2,1-3H3. The first-order valence-corrected chi connectivity index (χ1v) is 8.34. The lowest BCUT2D eigenvalue weighted by atomic mass is 10.1. The lowest BCUT2D eigenvalue weighted by molar-refractivity contribution is 0.0618. The van der Waals surface area contributed by atoms with Gasteiger partial charge in [-0.2, -0.15) is 0 Å². The van der Waals surface area contributed by atoms with Crippen LogP contribution in [0.3, 0.4) is 0 Å². The number of imidazole rings is 1. The maximum Gasteiger partial charge on any atom is 0.110 e. The first kappa shape index (κ1) is 15.4. The van der Waals surface area contributed by atoms with E-state index >= 15 is 0 Å². The van der Waals surface area contributed by atoms with Crippen LogP contribution < -0.4 is 0 Å². The van der Waals surface area contributed by atoms with Gasteiger partial charge in [0.25, 0.3) is 0 Å². The van der Waals surface area contributed by atoms with Crippen LogP contribution >= 0.6 is 15.9 Å². The fourth-order valence-electron chi connectivity index (χ4n) is 2.81. The summed E-state index contributed by atoms with van der Waals surface area (Å²) >= 11 is 3.49. The molecular weight excluding hydrogens is 342 g/mol. The van der Waals surface area contributed by atoms with Crippen LogP contribution in [0.25, 0.3) is 21.9 Å². The number of aliphatic hydroxyl groups is 1. The molecule has 3 rings (SSSR count). The second-order valence-electron chi connectivity index (χ2n) is 6.33. The zero-order valence-corrected chi connectivity index (χ0v) is 14.7. The summed E-state index contributed by atoms with van der Waals surface area (Å²) in [5.74, 6) is 1.01. The monoisotopic (exact) mass is 361 g/mol. The molecule has 0 bridgehead atoms. The number of nitrogens with zero attached hydrogens (tertiary/aromatic N) is 3. The highest BCUT2D eigenvalue weighted by molar-refractivity contribution is 9.10. The van der Waals surface area contributed by atoms with E-state index in [9.17, 15) is 5.11 Å². The van der Waals surface area contributed by atoms with Crippen molar-refractivity contribution in [3.05, 3.63) is 34.7 Å². The number of benzene rings is 1. The van der Waals surface area contributed by atoms with Crippen molar-refractivity contribution in [1.29, 1.82) is 0 Å². The number of aryl methyl sites for hydroxylation is 1. The Morgan fingerprint density at radius 3 is 2.73 bits per heavy atom. The maximum atomic E-state index is 10.3. The summed E-state index contributed by atoms with van der Waals surface area (Å²) < 4.78 is 3.16. The Bertz CT molecular complexity index is 833.